The molecule has 5 nitrogen and oxygen atoms in total. The van der Waals surface area contributed by atoms with Crippen molar-refractivity contribution in [2.75, 3.05) is 5.32 Å². The Kier molecular flexibility index (Phi) is 3.68. The molecule has 1 heterocycles. The van der Waals surface area contributed by atoms with Crippen molar-refractivity contribution in [2.24, 2.45) is 7.05 Å². The highest BCUT2D eigenvalue weighted by atomic mass is 35.5. The van der Waals surface area contributed by atoms with E-state index in [1.165, 1.54) is 19.8 Å². The number of hydrogen-bond acceptors (Lipinski definition) is 3. The molecule has 6 heteroatoms. The fourth-order valence-electron chi connectivity index (χ4n) is 2.89. The van der Waals surface area contributed by atoms with Crippen molar-refractivity contribution in [3.05, 3.63) is 29.0 Å². The Labute approximate surface area is 134 Å². The predicted octanol–water partition coefficient (Wildman–Crippen LogP) is 3.54. The molecule has 1 saturated carbocycles. The van der Waals surface area contributed by atoms with Gasteiger partial charge in [0.25, 0.3) is 0 Å². The number of nitrogens with zero attached hydrogens (tertiary/aromatic N) is 3. The van der Waals surface area contributed by atoms with E-state index in [0.717, 1.165) is 23.6 Å². The highest BCUT2D eigenvalue weighted by Gasteiger charge is 2.46. The highest BCUT2D eigenvalue weighted by molar-refractivity contribution is 6.33. The van der Waals surface area contributed by atoms with Gasteiger partial charge in [0.05, 0.1) is 5.02 Å². The summed E-state index contributed by atoms with van der Waals surface area (Å²) in [6.07, 6.45) is 3.42. The van der Waals surface area contributed by atoms with Gasteiger partial charge in [-0.05, 0) is 37.5 Å². The van der Waals surface area contributed by atoms with Gasteiger partial charge in [0.1, 0.15) is 5.82 Å². The van der Waals surface area contributed by atoms with Gasteiger partial charge in [-0.15, -0.1) is 10.2 Å². The third-order valence-corrected chi connectivity index (χ3v) is 4.72. The van der Waals surface area contributed by atoms with E-state index >= 15 is 0 Å². The van der Waals surface area contributed by atoms with Crippen LogP contribution in [0.2, 0.25) is 5.02 Å². The van der Waals surface area contributed by atoms with Gasteiger partial charge >= 0.3 is 0 Å². The molecule has 1 aliphatic rings. The lowest BCUT2D eigenvalue weighted by molar-refractivity contribution is -0.114. The molecule has 0 unspecified atom stereocenters. The molecule has 1 amide bonds. The summed E-state index contributed by atoms with van der Waals surface area (Å²) in [6, 6.07) is 5.43. The van der Waals surface area contributed by atoms with Gasteiger partial charge in [-0.3, -0.25) is 4.79 Å². The molecule has 1 aliphatic carbocycles. The number of carbonyl (C=O) groups is 1. The van der Waals surface area contributed by atoms with Gasteiger partial charge in [0, 0.05) is 30.6 Å². The lowest BCUT2D eigenvalue weighted by Gasteiger charge is -2.12. The number of hydrogen-bond donors (Lipinski definition) is 1. The molecule has 0 atom stereocenters. The lowest BCUT2D eigenvalue weighted by Crippen LogP contribution is -2.12. The van der Waals surface area contributed by atoms with Crippen LogP contribution in [-0.4, -0.2) is 20.7 Å². The van der Waals surface area contributed by atoms with E-state index in [-0.39, 0.29) is 11.3 Å². The second-order valence-corrected chi connectivity index (χ2v) is 6.32. The molecule has 1 aromatic carbocycles. The van der Waals surface area contributed by atoms with Crippen LogP contribution < -0.4 is 5.32 Å². The fourth-order valence-corrected chi connectivity index (χ4v) is 3.15. The predicted molar refractivity (Wildman–Crippen MR) is 87.0 cm³/mol. The van der Waals surface area contributed by atoms with Gasteiger partial charge < -0.3 is 9.88 Å². The summed E-state index contributed by atoms with van der Waals surface area (Å²) in [5.41, 5.74) is 1.70. The zero-order valence-electron chi connectivity index (χ0n) is 13.0. The summed E-state index contributed by atoms with van der Waals surface area (Å²) in [6.45, 7) is 3.66. The van der Waals surface area contributed by atoms with E-state index in [9.17, 15) is 4.79 Å². The van der Waals surface area contributed by atoms with Crippen molar-refractivity contribution in [1.82, 2.24) is 14.8 Å². The first-order valence-corrected chi connectivity index (χ1v) is 7.82. The molecule has 1 N–H and O–H groups in total. The Balaban J connectivity index is 1.97. The molecule has 0 radical (unpaired) electrons. The number of anilines is 1. The molecule has 3 rings (SSSR count). The summed E-state index contributed by atoms with van der Waals surface area (Å²) < 4.78 is 2.04. The molecular weight excluding hydrogens is 300 g/mol. The topological polar surface area (TPSA) is 59.8 Å². The molecule has 0 bridgehead atoms. The third kappa shape index (κ3) is 2.50. The third-order valence-electron chi connectivity index (χ3n) is 4.41. The first-order valence-electron chi connectivity index (χ1n) is 7.44. The quantitative estimate of drug-likeness (QED) is 0.938. The number of aromatic nitrogens is 3. The standard InChI is InChI=1S/C16H19ClN4O/c1-4-16(7-8-16)15-20-19-14(21(15)3)12-6-5-11(9-13(12)17)18-10(2)22/h5-6,9H,4,7-8H2,1-3H3,(H,18,22). The van der Waals surface area contributed by atoms with Gasteiger partial charge in [-0.1, -0.05) is 18.5 Å². The largest absolute Gasteiger partial charge is 0.326 e. The van der Waals surface area contributed by atoms with Crippen molar-refractivity contribution >= 4 is 23.2 Å². The van der Waals surface area contributed by atoms with Gasteiger partial charge in [-0.25, -0.2) is 0 Å². The number of benzene rings is 1. The van der Waals surface area contributed by atoms with Crippen molar-refractivity contribution < 1.29 is 4.79 Å². The number of halogens is 1. The Bertz CT molecular complexity index is 734. The van der Waals surface area contributed by atoms with Crippen molar-refractivity contribution in [3.63, 3.8) is 0 Å². The van der Waals surface area contributed by atoms with E-state index in [4.69, 9.17) is 11.6 Å². The van der Waals surface area contributed by atoms with Crippen molar-refractivity contribution in [3.8, 4) is 11.4 Å². The molecule has 22 heavy (non-hydrogen) atoms. The molecule has 0 saturated heterocycles. The van der Waals surface area contributed by atoms with E-state index in [1.807, 2.05) is 23.7 Å². The van der Waals surface area contributed by atoms with Crippen LogP contribution in [0.4, 0.5) is 5.69 Å². The minimum Gasteiger partial charge on any atom is -0.326 e. The van der Waals surface area contributed by atoms with Crippen LogP contribution in [0.5, 0.6) is 0 Å². The maximum atomic E-state index is 11.1. The van der Waals surface area contributed by atoms with Crippen LogP contribution in [0, 0.1) is 0 Å². The van der Waals surface area contributed by atoms with Crippen LogP contribution in [0.1, 0.15) is 38.9 Å². The Hall–Kier alpha value is -1.88. The zero-order chi connectivity index (χ0) is 15.9. The van der Waals surface area contributed by atoms with E-state index in [0.29, 0.717) is 10.7 Å². The SMILES string of the molecule is CCC1(c2nnc(-c3ccc(NC(C)=O)cc3Cl)n2C)CC1. The molecule has 1 fully saturated rings. The minimum atomic E-state index is -0.122. The summed E-state index contributed by atoms with van der Waals surface area (Å²) in [5, 5.41) is 12.0. The lowest BCUT2D eigenvalue weighted by atomic mass is 10.0. The van der Waals surface area contributed by atoms with Gasteiger partial charge in [-0.2, -0.15) is 0 Å². The average molecular weight is 319 g/mol. The Morgan fingerprint density at radius 2 is 2.14 bits per heavy atom. The summed E-state index contributed by atoms with van der Waals surface area (Å²) >= 11 is 6.36. The molecule has 2 aromatic rings. The number of rotatable bonds is 4. The van der Waals surface area contributed by atoms with Crippen LogP contribution in [0.3, 0.4) is 0 Å². The van der Waals surface area contributed by atoms with Crippen molar-refractivity contribution in [2.45, 2.75) is 38.5 Å². The smallest absolute Gasteiger partial charge is 0.221 e. The maximum absolute atomic E-state index is 11.1. The van der Waals surface area contributed by atoms with E-state index < -0.39 is 0 Å². The first-order chi connectivity index (χ1) is 10.5. The Morgan fingerprint density at radius 3 is 2.68 bits per heavy atom. The van der Waals surface area contributed by atoms with Crippen LogP contribution >= 0.6 is 11.6 Å². The van der Waals surface area contributed by atoms with E-state index in [2.05, 4.69) is 22.4 Å². The van der Waals surface area contributed by atoms with E-state index in [1.54, 1.807) is 6.07 Å². The average Bonchev–Trinajstić information content (AvgIpc) is 3.16. The molecule has 0 aliphatic heterocycles. The summed E-state index contributed by atoms with van der Waals surface area (Å²) in [4.78, 5) is 11.1. The highest BCUT2D eigenvalue weighted by Crippen LogP contribution is 2.50. The monoisotopic (exact) mass is 318 g/mol. The molecule has 0 spiro atoms. The molecule has 1 aromatic heterocycles. The molecule has 116 valence electrons. The fraction of sp³-hybridized carbons (Fsp3) is 0.438. The zero-order valence-corrected chi connectivity index (χ0v) is 13.7. The normalized spacial score (nSPS) is 15.6. The van der Waals surface area contributed by atoms with Gasteiger partial charge in [0.15, 0.2) is 5.82 Å². The number of carbonyl (C=O) groups excluding carboxylic acids is 1. The second-order valence-electron chi connectivity index (χ2n) is 5.92. The number of nitrogens with one attached hydrogen (secondary N) is 1. The second kappa shape index (κ2) is 5.39. The minimum absolute atomic E-state index is 0.122. The first kappa shape index (κ1) is 15.0. The van der Waals surface area contributed by atoms with Crippen LogP contribution in [0.25, 0.3) is 11.4 Å². The maximum Gasteiger partial charge on any atom is 0.221 e. The number of amides is 1. The van der Waals surface area contributed by atoms with Crippen LogP contribution in [-0.2, 0) is 17.3 Å². The van der Waals surface area contributed by atoms with Crippen LogP contribution in [0.15, 0.2) is 18.2 Å². The summed E-state index contributed by atoms with van der Waals surface area (Å²) in [7, 11) is 1.98. The van der Waals surface area contributed by atoms with Crippen molar-refractivity contribution in [1.29, 1.82) is 0 Å². The Morgan fingerprint density at radius 1 is 1.41 bits per heavy atom. The summed E-state index contributed by atoms with van der Waals surface area (Å²) in [5.74, 6) is 1.67. The van der Waals surface area contributed by atoms with Gasteiger partial charge in [0.2, 0.25) is 5.91 Å². The molecular formula is C16H19ClN4O.